The Morgan fingerprint density at radius 3 is 2.36 bits per heavy atom. The first-order chi connectivity index (χ1) is 10.4. The van der Waals surface area contributed by atoms with Gasteiger partial charge in [0.05, 0.1) is 11.6 Å². The van der Waals surface area contributed by atoms with Crippen LogP contribution in [0.25, 0.3) is 0 Å². The van der Waals surface area contributed by atoms with Crippen LogP contribution in [0.2, 0.25) is 5.02 Å². The zero-order valence-corrected chi connectivity index (χ0v) is 13.4. The predicted molar refractivity (Wildman–Crippen MR) is 86.4 cm³/mol. The summed E-state index contributed by atoms with van der Waals surface area (Å²) in [5.41, 5.74) is 1.67. The van der Waals surface area contributed by atoms with Crippen molar-refractivity contribution in [1.29, 1.82) is 0 Å². The van der Waals surface area contributed by atoms with E-state index in [0.29, 0.717) is 5.69 Å². The van der Waals surface area contributed by atoms with Crippen LogP contribution in [0.5, 0.6) is 0 Å². The molecule has 0 aliphatic rings. The molecule has 0 saturated carbocycles. The first-order valence-corrected chi connectivity index (χ1v) is 8.35. The second-order valence-corrected chi connectivity index (χ2v) is 6.81. The lowest BCUT2D eigenvalue weighted by molar-refractivity contribution is -0.115. The Morgan fingerprint density at radius 2 is 1.73 bits per heavy atom. The molecule has 0 aliphatic heterocycles. The highest BCUT2D eigenvalue weighted by Crippen LogP contribution is 2.19. The van der Waals surface area contributed by atoms with Gasteiger partial charge in [-0.05, 0) is 31.2 Å². The Morgan fingerprint density at radius 1 is 1.09 bits per heavy atom. The van der Waals surface area contributed by atoms with Gasteiger partial charge in [-0.15, -0.1) is 0 Å². The average molecular weight is 339 g/mol. The maximum Gasteiger partial charge on any atom is 0.242 e. The number of aryl methyl sites for hydroxylation is 1. The van der Waals surface area contributed by atoms with Gasteiger partial charge in [-0.3, -0.25) is 4.79 Å². The van der Waals surface area contributed by atoms with Gasteiger partial charge in [0, 0.05) is 5.69 Å². The minimum Gasteiger partial charge on any atom is -0.325 e. The lowest BCUT2D eigenvalue weighted by Crippen LogP contribution is -2.33. The van der Waals surface area contributed by atoms with E-state index in [1.165, 1.54) is 12.1 Å². The number of benzene rings is 2. The third-order valence-corrected chi connectivity index (χ3v) is 4.79. The fourth-order valence-corrected chi connectivity index (χ4v) is 3.24. The van der Waals surface area contributed by atoms with Crippen molar-refractivity contribution < 1.29 is 13.2 Å². The van der Waals surface area contributed by atoms with Crippen LogP contribution < -0.4 is 10.0 Å². The lowest BCUT2D eigenvalue weighted by atomic mass is 10.2. The minimum atomic E-state index is -3.83. The molecule has 116 valence electrons. The first-order valence-electron chi connectivity index (χ1n) is 6.49. The molecule has 0 heterocycles. The summed E-state index contributed by atoms with van der Waals surface area (Å²) in [4.78, 5) is 11.7. The van der Waals surface area contributed by atoms with Crippen LogP contribution in [0.15, 0.2) is 53.4 Å². The molecule has 22 heavy (non-hydrogen) atoms. The van der Waals surface area contributed by atoms with Gasteiger partial charge in [-0.25, -0.2) is 13.1 Å². The van der Waals surface area contributed by atoms with Crippen molar-refractivity contribution in [3.05, 3.63) is 59.1 Å². The number of hydrogen-bond donors (Lipinski definition) is 2. The van der Waals surface area contributed by atoms with E-state index in [2.05, 4.69) is 10.0 Å². The normalized spacial score (nSPS) is 11.2. The molecule has 2 N–H and O–H groups in total. The zero-order valence-electron chi connectivity index (χ0n) is 11.8. The minimum absolute atomic E-state index is 0.0557. The highest BCUT2D eigenvalue weighted by Gasteiger charge is 2.18. The van der Waals surface area contributed by atoms with Crippen LogP contribution in [0, 0.1) is 6.92 Å². The lowest BCUT2D eigenvalue weighted by Gasteiger charge is -2.09. The Kier molecular flexibility index (Phi) is 5.18. The van der Waals surface area contributed by atoms with Gasteiger partial charge in [-0.1, -0.05) is 41.4 Å². The van der Waals surface area contributed by atoms with Crippen molar-refractivity contribution in [2.45, 2.75) is 11.8 Å². The van der Waals surface area contributed by atoms with Crippen molar-refractivity contribution >= 4 is 33.2 Å². The average Bonchev–Trinajstić information content (AvgIpc) is 2.48. The molecule has 0 spiro atoms. The van der Waals surface area contributed by atoms with E-state index in [1.807, 2.05) is 19.1 Å². The van der Waals surface area contributed by atoms with E-state index in [0.717, 1.165) is 5.56 Å². The summed E-state index contributed by atoms with van der Waals surface area (Å²) in [6.45, 7) is 1.56. The van der Waals surface area contributed by atoms with Crippen LogP contribution in [0.1, 0.15) is 5.56 Å². The van der Waals surface area contributed by atoms with Gasteiger partial charge in [0.1, 0.15) is 4.90 Å². The molecule has 1 amide bonds. The standard InChI is InChI=1S/C15H15ClN2O3S/c1-11-6-8-12(9-7-11)18-15(19)10-17-22(20,21)14-5-3-2-4-13(14)16/h2-9,17H,10H2,1H3,(H,18,19). The monoisotopic (exact) mass is 338 g/mol. The van der Waals surface area contributed by atoms with E-state index in [9.17, 15) is 13.2 Å². The second-order valence-electron chi connectivity index (χ2n) is 4.67. The number of carbonyl (C=O) groups excluding carboxylic acids is 1. The summed E-state index contributed by atoms with van der Waals surface area (Å²) in [5.74, 6) is -0.459. The number of rotatable bonds is 5. The van der Waals surface area contributed by atoms with Gasteiger partial charge >= 0.3 is 0 Å². The van der Waals surface area contributed by atoms with Crippen LogP contribution >= 0.6 is 11.6 Å². The van der Waals surface area contributed by atoms with E-state index in [-0.39, 0.29) is 16.5 Å². The predicted octanol–water partition coefficient (Wildman–Crippen LogP) is 2.57. The molecular weight excluding hydrogens is 324 g/mol. The third kappa shape index (κ3) is 4.30. The number of amides is 1. The zero-order chi connectivity index (χ0) is 16.2. The van der Waals surface area contributed by atoms with Crippen LogP contribution in [-0.4, -0.2) is 20.9 Å². The highest BCUT2D eigenvalue weighted by molar-refractivity contribution is 7.89. The van der Waals surface area contributed by atoms with E-state index in [4.69, 9.17) is 11.6 Å². The van der Waals surface area contributed by atoms with E-state index >= 15 is 0 Å². The molecular formula is C15H15ClN2O3S. The molecule has 0 aromatic heterocycles. The van der Waals surface area contributed by atoms with E-state index < -0.39 is 15.9 Å². The van der Waals surface area contributed by atoms with Crippen molar-refractivity contribution in [3.63, 3.8) is 0 Å². The molecule has 7 heteroatoms. The SMILES string of the molecule is Cc1ccc(NC(=O)CNS(=O)(=O)c2ccccc2Cl)cc1. The summed E-state index contributed by atoms with van der Waals surface area (Å²) in [7, 11) is -3.83. The first kappa shape index (κ1) is 16.5. The van der Waals surface area contributed by atoms with Crippen LogP contribution in [0.4, 0.5) is 5.69 Å². The van der Waals surface area contributed by atoms with Crippen molar-refractivity contribution in [1.82, 2.24) is 4.72 Å². The van der Waals surface area contributed by atoms with E-state index in [1.54, 1.807) is 24.3 Å². The van der Waals surface area contributed by atoms with Crippen molar-refractivity contribution in [2.75, 3.05) is 11.9 Å². The van der Waals surface area contributed by atoms with Gasteiger partial charge < -0.3 is 5.32 Å². The highest BCUT2D eigenvalue weighted by atomic mass is 35.5. The largest absolute Gasteiger partial charge is 0.325 e. The summed E-state index contributed by atoms with van der Waals surface area (Å²) in [6, 6.07) is 13.2. The number of hydrogen-bond acceptors (Lipinski definition) is 3. The number of nitrogens with one attached hydrogen (secondary N) is 2. The summed E-state index contributed by atoms with van der Waals surface area (Å²) >= 11 is 5.85. The fourth-order valence-electron chi connectivity index (χ4n) is 1.74. The molecule has 0 saturated heterocycles. The topological polar surface area (TPSA) is 75.3 Å². The molecule has 2 rings (SSSR count). The van der Waals surface area contributed by atoms with Crippen LogP contribution in [0.3, 0.4) is 0 Å². The Bertz CT molecular complexity index is 774. The summed E-state index contributed by atoms with van der Waals surface area (Å²) in [5, 5.41) is 2.71. The number of sulfonamides is 1. The van der Waals surface area contributed by atoms with Crippen molar-refractivity contribution in [2.24, 2.45) is 0 Å². The molecule has 2 aromatic carbocycles. The smallest absolute Gasteiger partial charge is 0.242 e. The molecule has 5 nitrogen and oxygen atoms in total. The number of halogens is 1. The maximum atomic E-state index is 12.1. The maximum absolute atomic E-state index is 12.1. The number of carbonyl (C=O) groups is 1. The quantitative estimate of drug-likeness (QED) is 0.879. The van der Waals surface area contributed by atoms with Crippen LogP contribution in [-0.2, 0) is 14.8 Å². The second kappa shape index (κ2) is 6.91. The molecule has 0 atom stereocenters. The Labute approximate surface area is 134 Å². The molecule has 0 unspecified atom stereocenters. The molecule has 0 fully saturated rings. The molecule has 2 aromatic rings. The van der Waals surface area contributed by atoms with Gasteiger partial charge in [0.15, 0.2) is 0 Å². The van der Waals surface area contributed by atoms with Gasteiger partial charge in [-0.2, -0.15) is 0 Å². The van der Waals surface area contributed by atoms with Gasteiger partial charge in [0.2, 0.25) is 15.9 Å². The third-order valence-electron chi connectivity index (χ3n) is 2.88. The molecule has 0 radical (unpaired) electrons. The molecule has 0 aliphatic carbocycles. The fraction of sp³-hybridized carbons (Fsp3) is 0.133. The summed E-state index contributed by atoms with van der Waals surface area (Å²) < 4.78 is 26.4. The van der Waals surface area contributed by atoms with Gasteiger partial charge in [0.25, 0.3) is 0 Å². The summed E-state index contributed by atoms with van der Waals surface area (Å²) in [6.07, 6.45) is 0. The Hall–Kier alpha value is -1.89. The Balaban J connectivity index is 1.98. The van der Waals surface area contributed by atoms with Crippen molar-refractivity contribution in [3.8, 4) is 0 Å². The molecule has 0 bridgehead atoms. The number of anilines is 1.